The van der Waals surface area contributed by atoms with Crippen LogP contribution in [-0.2, 0) is 0 Å². The van der Waals surface area contributed by atoms with E-state index in [-0.39, 0.29) is 5.82 Å². The number of halogens is 1. The molecule has 82 valence electrons. The largest absolute Gasteiger partial charge is 0.398 e. The van der Waals surface area contributed by atoms with E-state index >= 15 is 0 Å². The molecule has 0 amide bonds. The maximum absolute atomic E-state index is 13.7. The van der Waals surface area contributed by atoms with Crippen molar-refractivity contribution in [3.8, 4) is 11.1 Å². The highest BCUT2D eigenvalue weighted by Crippen LogP contribution is 2.29. The first-order valence-corrected chi connectivity index (χ1v) is 5.20. The van der Waals surface area contributed by atoms with Gasteiger partial charge >= 0.3 is 0 Å². The number of nitrogens with two attached hydrogens (primary N) is 1. The van der Waals surface area contributed by atoms with Crippen molar-refractivity contribution >= 4 is 5.69 Å². The van der Waals surface area contributed by atoms with E-state index in [4.69, 9.17) is 5.73 Å². The molecule has 0 aromatic heterocycles. The molecule has 0 aliphatic rings. The van der Waals surface area contributed by atoms with E-state index in [2.05, 4.69) is 0 Å². The Bertz CT molecular complexity index is 532. The molecule has 2 aromatic rings. The maximum Gasteiger partial charge on any atom is 0.131 e. The molecular formula is C14H14FN. The van der Waals surface area contributed by atoms with E-state index < -0.39 is 0 Å². The van der Waals surface area contributed by atoms with Crippen LogP contribution < -0.4 is 5.73 Å². The summed E-state index contributed by atoms with van der Waals surface area (Å²) < 4.78 is 13.7. The van der Waals surface area contributed by atoms with Crippen molar-refractivity contribution in [1.82, 2.24) is 0 Å². The topological polar surface area (TPSA) is 26.0 Å². The molecule has 0 saturated carbocycles. The SMILES string of the molecule is Cc1ccc(-c2cc(C)ccc2F)c(N)c1. The lowest BCUT2D eigenvalue weighted by Gasteiger charge is -2.08. The molecule has 0 aliphatic carbocycles. The van der Waals surface area contributed by atoms with Gasteiger partial charge in [-0.25, -0.2) is 4.39 Å². The van der Waals surface area contributed by atoms with Gasteiger partial charge in [0.2, 0.25) is 0 Å². The van der Waals surface area contributed by atoms with E-state index in [9.17, 15) is 4.39 Å². The zero-order valence-corrected chi connectivity index (χ0v) is 9.42. The summed E-state index contributed by atoms with van der Waals surface area (Å²) in [6, 6.07) is 10.7. The van der Waals surface area contributed by atoms with Crippen molar-refractivity contribution < 1.29 is 4.39 Å². The summed E-state index contributed by atoms with van der Waals surface area (Å²) in [4.78, 5) is 0. The fraction of sp³-hybridized carbons (Fsp3) is 0.143. The second-order valence-electron chi connectivity index (χ2n) is 4.07. The molecule has 0 heterocycles. The van der Waals surface area contributed by atoms with Crippen molar-refractivity contribution in [1.29, 1.82) is 0 Å². The molecule has 0 spiro atoms. The number of rotatable bonds is 1. The molecule has 0 unspecified atom stereocenters. The molecular weight excluding hydrogens is 201 g/mol. The average Bonchev–Trinajstić information content (AvgIpc) is 2.22. The Morgan fingerprint density at radius 1 is 0.875 bits per heavy atom. The van der Waals surface area contributed by atoms with Crippen LogP contribution in [0, 0.1) is 19.7 Å². The monoisotopic (exact) mass is 215 g/mol. The smallest absolute Gasteiger partial charge is 0.131 e. The van der Waals surface area contributed by atoms with Crippen LogP contribution >= 0.6 is 0 Å². The lowest BCUT2D eigenvalue weighted by Crippen LogP contribution is -1.93. The predicted octanol–water partition coefficient (Wildman–Crippen LogP) is 3.69. The van der Waals surface area contributed by atoms with Gasteiger partial charge in [0, 0.05) is 16.8 Å². The molecule has 0 aliphatic heterocycles. The number of hydrogen-bond acceptors (Lipinski definition) is 1. The minimum Gasteiger partial charge on any atom is -0.398 e. The summed E-state index contributed by atoms with van der Waals surface area (Å²) >= 11 is 0. The van der Waals surface area contributed by atoms with Gasteiger partial charge in [-0.2, -0.15) is 0 Å². The summed E-state index contributed by atoms with van der Waals surface area (Å²) in [5.74, 6) is -0.235. The first kappa shape index (κ1) is 10.7. The number of anilines is 1. The van der Waals surface area contributed by atoms with Crippen LogP contribution in [0.4, 0.5) is 10.1 Å². The van der Waals surface area contributed by atoms with Crippen molar-refractivity contribution in [2.45, 2.75) is 13.8 Å². The van der Waals surface area contributed by atoms with Gasteiger partial charge in [-0.05, 0) is 37.6 Å². The highest BCUT2D eigenvalue weighted by atomic mass is 19.1. The van der Waals surface area contributed by atoms with Crippen LogP contribution in [0.2, 0.25) is 0 Å². The molecule has 0 bridgehead atoms. The Morgan fingerprint density at radius 2 is 1.50 bits per heavy atom. The molecule has 1 nitrogen and oxygen atoms in total. The minimum atomic E-state index is -0.235. The molecule has 0 fully saturated rings. The van der Waals surface area contributed by atoms with Crippen LogP contribution in [-0.4, -0.2) is 0 Å². The van der Waals surface area contributed by atoms with Gasteiger partial charge in [0.25, 0.3) is 0 Å². The Labute approximate surface area is 94.7 Å². The van der Waals surface area contributed by atoms with E-state index in [1.165, 1.54) is 6.07 Å². The Morgan fingerprint density at radius 3 is 2.19 bits per heavy atom. The fourth-order valence-electron chi connectivity index (χ4n) is 1.77. The molecule has 2 rings (SSSR count). The van der Waals surface area contributed by atoms with Crippen LogP contribution in [0.5, 0.6) is 0 Å². The summed E-state index contributed by atoms with van der Waals surface area (Å²) in [5, 5.41) is 0. The van der Waals surface area contributed by atoms with E-state index in [0.29, 0.717) is 11.3 Å². The first-order valence-electron chi connectivity index (χ1n) is 5.20. The Kier molecular flexibility index (Phi) is 2.65. The number of benzene rings is 2. The predicted molar refractivity (Wildman–Crippen MR) is 65.7 cm³/mol. The van der Waals surface area contributed by atoms with Gasteiger partial charge < -0.3 is 5.73 Å². The third kappa shape index (κ3) is 1.91. The first-order chi connectivity index (χ1) is 7.58. The zero-order valence-electron chi connectivity index (χ0n) is 9.42. The van der Waals surface area contributed by atoms with E-state index in [0.717, 1.165) is 16.7 Å². The highest BCUT2D eigenvalue weighted by molar-refractivity contribution is 5.77. The van der Waals surface area contributed by atoms with Crippen molar-refractivity contribution in [3.63, 3.8) is 0 Å². The third-order valence-electron chi connectivity index (χ3n) is 2.62. The standard InChI is InChI=1S/C14H14FN/c1-9-4-6-13(15)12(7-9)11-5-3-10(2)8-14(11)16/h3-8H,16H2,1-2H3. The normalized spacial score (nSPS) is 10.4. The highest BCUT2D eigenvalue weighted by Gasteiger charge is 2.08. The molecule has 2 heteroatoms. The molecule has 0 radical (unpaired) electrons. The lowest BCUT2D eigenvalue weighted by atomic mass is 10.00. The number of aryl methyl sites for hydroxylation is 2. The van der Waals surface area contributed by atoms with Crippen molar-refractivity contribution in [3.05, 3.63) is 53.3 Å². The fourth-order valence-corrected chi connectivity index (χ4v) is 1.77. The lowest BCUT2D eigenvalue weighted by molar-refractivity contribution is 0.631. The Hall–Kier alpha value is -1.83. The summed E-state index contributed by atoms with van der Waals surface area (Å²) in [7, 11) is 0. The van der Waals surface area contributed by atoms with E-state index in [1.54, 1.807) is 6.07 Å². The third-order valence-corrected chi connectivity index (χ3v) is 2.62. The van der Waals surface area contributed by atoms with Crippen LogP contribution in [0.15, 0.2) is 36.4 Å². The Balaban J connectivity index is 2.62. The van der Waals surface area contributed by atoms with Crippen LogP contribution in [0.3, 0.4) is 0 Å². The number of hydrogen-bond donors (Lipinski definition) is 1. The van der Waals surface area contributed by atoms with Gasteiger partial charge in [0.05, 0.1) is 0 Å². The zero-order chi connectivity index (χ0) is 11.7. The maximum atomic E-state index is 13.7. The second kappa shape index (κ2) is 3.97. The van der Waals surface area contributed by atoms with E-state index in [1.807, 2.05) is 38.1 Å². The van der Waals surface area contributed by atoms with Crippen molar-refractivity contribution in [2.24, 2.45) is 0 Å². The summed E-state index contributed by atoms with van der Waals surface area (Å²) in [5.41, 5.74) is 9.95. The molecule has 0 atom stereocenters. The average molecular weight is 215 g/mol. The van der Waals surface area contributed by atoms with Crippen LogP contribution in [0.25, 0.3) is 11.1 Å². The van der Waals surface area contributed by atoms with Gasteiger partial charge in [0.1, 0.15) is 5.82 Å². The molecule has 0 saturated heterocycles. The summed E-state index contributed by atoms with van der Waals surface area (Å²) in [6.45, 7) is 3.90. The van der Waals surface area contributed by atoms with Crippen molar-refractivity contribution in [2.75, 3.05) is 5.73 Å². The molecule has 2 aromatic carbocycles. The van der Waals surface area contributed by atoms with Gasteiger partial charge in [-0.15, -0.1) is 0 Å². The quantitative estimate of drug-likeness (QED) is 0.721. The molecule has 2 N–H and O–H groups in total. The minimum absolute atomic E-state index is 0.235. The van der Waals surface area contributed by atoms with Gasteiger partial charge in [-0.3, -0.25) is 0 Å². The molecule has 16 heavy (non-hydrogen) atoms. The van der Waals surface area contributed by atoms with Gasteiger partial charge in [-0.1, -0.05) is 23.8 Å². The summed E-state index contributed by atoms with van der Waals surface area (Å²) in [6.07, 6.45) is 0. The second-order valence-corrected chi connectivity index (χ2v) is 4.07. The van der Waals surface area contributed by atoms with Gasteiger partial charge in [0.15, 0.2) is 0 Å². The van der Waals surface area contributed by atoms with Crippen LogP contribution in [0.1, 0.15) is 11.1 Å². The number of nitrogen functional groups attached to an aromatic ring is 1.